The number of aryl methyl sites for hydroxylation is 2. The number of rotatable bonds is 4. The predicted molar refractivity (Wildman–Crippen MR) is 86.5 cm³/mol. The summed E-state index contributed by atoms with van der Waals surface area (Å²) in [5.74, 6) is -0.163. The van der Waals surface area contributed by atoms with E-state index in [0.29, 0.717) is 6.04 Å². The van der Waals surface area contributed by atoms with Crippen LogP contribution in [0, 0.1) is 19.7 Å². The van der Waals surface area contributed by atoms with Crippen molar-refractivity contribution in [3.8, 4) is 0 Å². The zero-order valence-corrected chi connectivity index (χ0v) is 13.2. The molecule has 1 aromatic heterocycles. The Kier molecular flexibility index (Phi) is 4.43. The van der Waals surface area contributed by atoms with E-state index in [1.54, 1.807) is 12.1 Å². The lowest BCUT2D eigenvalue weighted by atomic mass is 10.0. The molecule has 5 heteroatoms. The topological polar surface area (TPSA) is 44.0 Å². The Morgan fingerprint density at radius 3 is 2.73 bits per heavy atom. The molecule has 0 aliphatic carbocycles. The lowest BCUT2D eigenvalue weighted by Crippen LogP contribution is -2.42. The van der Waals surface area contributed by atoms with E-state index in [-0.39, 0.29) is 5.82 Å². The van der Waals surface area contributed by atoms with Crippen molar-refractivity contribution < 1.29 is 4.39 Å². The van der Waals surface area contributed by atoms with Crippen molar-refractivity contribution in [1.29, 1.82) is 0 Å². The highest BCUT2D eigenvalue weighted by Crippen LogP contribution is 2.21. The molecule has 2 N–H and O–H groups in total. The van der Waals surface area contributed by atoms with Gasteiger partial charge in [-0.05, 0) is 44.9 Å². The van der Waals surface area contributed by atoms with Crippen LogP contribution < -0.4 is 10.2 Å². The number of nitrogens with one attached hydrogen (secondary N) is 2. The monoisotopic (exact) mass is 302 g/mol. The van der Waals surface area contributed by atoms with Crippen LogP contribution in [0.4, 0.5) is 10.1 Å². The second-order valence-corrected chi connectivity index (χ2v) is 6.03. The highest BCUT2D eigenvalue weighted by Gasteiger charge is 2.20. The van der Waals surface area contributed by atoms with E-state index in [9.17, 15) is 4.39 Å². The third-order valence-electron chi connectivity index (χ3n) is 4.52. The summed E-state index contributed by atoms with van der Waals surface area (Å²) in [6.45, 7) is 6.88. The van der Waals surface area contributed by atoms with Gasteiger partial charge in [-0.1, -0.05) is 6.07 Å². The molecular formula is C17H23FN4. The van der Waals surface area contributed by atoms with E-state index < -0.39 is 0 Å². The molecule has 0 saturated carbocycles. The Labute approximate surface area is 130 Å². The summed E-state index contributed by atoms with van der Waals surface area (Å²) in [5, 5.41) is 10.9. The van der Waals surface area contributed by atoms with Gasteiger partial charge in [0.1, 0.15) is 5.82 Å². The van der Waals surface area contributed by atoms with E-state index in [4.69, 9.17) is 0 Å². The SMILES string of the molecule is Cc1n[nH]c(C)c1CNC1CCN(c2cccc(F)c2)CC1. The van der Waals surface area contributed by atoms with Gasteiger partial charge in [-0.25, -0.2) is 4.39 Å². The summed E-state index contributed by atoms with van der Waals surface area (Å²) < 4.78 is 13.3. The molecule has 0 amide bonds. The van der Waals surface area contributed by atoms with Crippen LogP contribution in [0.1, 0.15) is 29.8 Å². The van der Waals surface area contributed by atoms with Gasteiger partial charge in [-0.3, -0.25) is 5.10 Å². The molecule has 2 heterocycles. The number of piperidine rings is 1. The molecule has 0 spiro atoms. The van der Waals surface area contributed by atoms with Gasteiger partial charge in [0.05, 0.1) is 5.69 Å². The standard InChI is InChI=1S/C17H23FN4/c1-12-17(13(2)21-20-12)11-19-15-6-8-22(9-7-15)16-5-3-4-14(18)10-16/h3-5,10,15,19H,6-9,11H2,1-2H3,(H,20,21). The predicted octanol–water partition coefficient (Wildman–Crippen LogP) is 2.92. The van der Waals surface area contributed by atoms with Crippen molar-refractivity contribution >= 4 is 5.69 Å². The van der Waals surface area contributed by atoms with Crippen molar-refractivity contribution in [1.82, 2.24) is 15.5 Å². The van der Waals surface area contributed by atoms with Crippen molar-refractivity contribution in [2.24, 2.45) is 0 Å². The number of anilines is 1. The molecular weight excluding hydrogens is 279 g/mol. The molecule has 22 heavy (non-hydrogen) atoms. The number of H-pyrrole nitrogens is 1. The number of halogens is 1. The highest BCUT2D eigenvalue weighted by atomic mass is 19.1. The average molecular weight is 302 g/mol. The zero-order valence-electron chi connectivity index (χ0n) is 13.2. The molecule has 1 fully saturated rings. The van der Waals surface area contributed by atoms with Crippen molar-refractivity contribution in [3.05, 3.63) is 47.0 Å². The molecule has 1 aromatic carbocycles. The van der Waals surface area contributed by atoms with E-state index in [0.717, 1.165) is 49.6 Å². The normalized spacial score (nSPS) is 16.2. The molecule has 0 atom stereocenters. The number of benzene rings is 1. The summed E-state index contributed by atoms with van der Waals surface area (Å²) in [6, 6.07) is 7.38. The Morgan fingerprint density at radius 2 is 2.09 bits per heavy atom. The van der Waals surface area contributed by atoms with Crippen LogP contribution in [0.2, 0.25) is 0 Å². The Morgan fingerprint density at radius 1 is 1.32 bits per heavy atom. The highest BCUT2D eigenvalue weighted by molar-refractivity contribution is 5.46. The molecule has 1 aliphatic rings. The second-order valence-electron chi connectivity index (χ2n) is 6.03. The number of aromatic nitrogens is 2. The number of nitrogens with zero attached hydrogens (tertiary/aromatic N) is 2. The maximum absolute atomic E-state index is 13.3. The van der Waals surface area contributed by atoms with Crippen LogP contribution in [0.15, 0.2) is 24.3 Å². The summed E-state index contributed by atoms with van der Waals surface area (Å²) in [7, 11) is 0. The third kappa shape index (κ3) is 3.30. The number of aromatic amines is 1. The van der Waals surface area contributed by atoms with Crippen LogP contribution in [-0.4, -0.2) is 29.3 Å². The van der Waals surface area contributed by atoms with Gasteiger partial charge in [0.25, 0.3) is 0 Å². The minimum Gasteiger partial charge on any atom is -0.371 e. The largest absolute Gasteiger partial charge is 0.371 e. The Hall–Kier alpha value is -1.88. The molecule has 4 nitrogen and oxygen atoms in total. The van der Waals surface area contributed by atoms with Gasteiger partial charge in [0.15, 0.2) is 0 Å². The quantitative estimate of drug-likeness (QED) is 0.912. The van der Waals surface area contributed by atoms with Crippen molar-refractivity contribution in [2.45, 2.75) is 39.3 Å². The van der Waals surface area contributed by atoms with Gasteiger partial charge >= 0.3 is 0 Å². The minimum atomic E-state index is -0.163. The lowest BCUT2D eigenvalue weighted by molar-refractivity contribution is 0.413. The zero-order chi connectivity index (χ0) is 15.5. The lowest BCUT2D eigenvalue weighted by Gasteiger charge is -2.34. The van der Waals surface area contributed by atoms with Crippen LogP contribution >= 0.6 is 0 Å². The molecule has 0 unspecified atom stereocenters. The fourth-order valence-electron chi connectivity index (χ4n) is 3.10. The molecule has 0 radical (unpaired) electrons. The first-order chi connectivity index (χ1) is 10.6. The molecule has 0 bridgehead atoms. The van der Waals surface area contributed by atoms with Crippen LogP contribution in [0.3, 0.4) is 0 Å². The molecule has 1 saturated heterocycles. The third-order valence-corrected chi connectivity index (χ3v) is 4.52. The van der Waals surface area contributed by atoms with Crippen LogP contribution in [0.5, 0.6) is 0 Å². The summed E-state index contributed by atoms with van der Waals surface area (Å²) >= 11 is 0. The Bertz CT molecular complexity index is 610. The van der Waals surface area contributed by atoms with Gasteiger partial charge in [0.2, 0.25) is 0 Å². The molecule has 3 rings (SSSR count). The van der Waals surface area contributed by atoms with Crippen molar-refractivity contribution in [2.75, 3.05) is 18.0 Å². The maximum Gasteiger partial charge on any atom is 0.125 e. The smallest absolute Gasteiger partial charge is 0.125 e. The second kappa shape index (κ2) is 6.48. The van der Waals surface area contributed by atoms with Gasteiger partial charge in [-0.2, -0.15) is 5.10 Å². The average Bonchev–Trinajstić information content (AvgIpc) is 2.84. The summed E-state index contributed by atoms with van der Waals surface area (Å²) in [5.41, 5.74) is 4.47. The molecule has 2 aromatic rings. The van der Waals surface area contributed by atoms with Crippen molar-refractivity contribution in [3.63, 3.8) is 0 Å². The first-order valence-corrected chi connectivity index (χ1v) is 7.88. The molecule has 1 aliphatic heterocycles. The number of hydrogen-bond donors (Lipinski definition) is 2. The van der Waals surface area contributed by atoms with Gasteiger partial charge in [-0.15, -0.1) is 0 Å². The maximum atomic E-state index is 13.3. The van der Waals surface area contributed by atoms with Crippen LogP contribution in [-0.2, 0) is 6.54 Å². The first-order valence-electron chi connectivity index (χ1n) is 7.88. The first kappa shape index (κ1) is 15.0. The van der Waals surface area contributed by atoms with E-state index in [1.807, 2.05) is 13.0 Å². The summed E-state index contributed by atoms with van der Waals surface area (Å²) in [4.78, 5) is 2.26. The van der Waals surface area contributed by atoms with Gasteiger partial charge < -0.3 is 10.2 Å². The molecule has 118 valence electrons. The van der Waals surface area contributed by atoms with Gasteiger partial charge in [0, 0.05) is 42.6 Å². The Balaban J connectivity index is 1.52. The fourth-order valence-corrected chi connectivity index (χ4v) is 3.10. The minimum absolute atomic E-state index is 0.163. The van der Waals surface area contributed by atoms with E-state index >= 15 is 0 Å². The van der Waals surface area contributed by atoms with E-state index in [1.165, 1.54) is 11.6 Å². The number of hydrogen-bond acceptors (Lipinski definition) is 3. The van der Waals surface area contributed by atoms with E-state index in [2.05, 4.69) is 27.3 Å². The summed E-state index contributed by atoms with van der Waals surface area (Å²) in [6.07, 6.45) is 2.15. The fraction of sp³-hybridized carbons (Fsp3) is 0.471. The van der Waals surface area contributed by atoms with Crippen LogP contribution in [0.25, 0.3) is 0 Å².